The van der Waals surface area contributed by atoms with Gasteiger partial charge in [-0.2, -0.15) is 13.2 Å². The third-order valence-electron chi connectivity index (χ3n) is 3.29. The van der Waals surface area contributed by atoms with Gasteiger partial charge >= 0.3 is 12.3 Å². The standard InChI is InChI=1S/C17H28F3N5O2S/c1-6-8-25(15(26)27-16(2,3)4)9-7-22-14(21-5)23-10-13-24-12(11-28-13)17(18,19)20/h11H,6-10H2,1-5H3,(H2,21,22,23). The number of guanidine groups is 1. The van der Waals surface area contributed by atoms with E-state index in [1.807, 2.05) is 27.7 Å². The number of nitrogens with one attached hydrogen (secondary N) is 2. The van der Waals surface area contributed by atoms with E-state index in [4.69, 9.17) is 4.74 Å². The monoisotopic (exact) mass is 423 g/mol. The zero-order chi connectivity index (χ0) is 21.4. The molecule has 0 unspecified atom stereocenters. The topological polar surface area (TPSA) is 78.9 Å². The highest BCUT2D eigenvalue weighted by Crippen LogP contribution is 2.29. The first-order chi connectivity index (χ1) is 13.0. The van der Waals surface area contributed by atoms with Gasteiger partial charge in [-0.1, -0.05) is 6.92 Å². The smallest absolute Gasteiger partial charge is 0.434 e. The zero-order valence-corrected chi connectivity index (χ0v) is 17.6. The van der Waals surface area contributed by atoms with Crippen molar-refractivity contribution < 1.29 is 22.7 Å². The quantitative estimate of drug-likeness (QED) is 0.519. The largest absolute Gasteiger partial charge is 0.444 e. The molecule has 1 amide bonds. The fraction of sp³-hybridized carbons (Fsp3) is 0.706. The lowest BCUT2D eigenvalue weighted by molar-refractivity contribution is -0.140. The molecule has 1 aromatic heterocycles. The molecule has 0 aliphatic rings. The second-order valence-electron chi connectivity index (χ2n) is 6.94. The molecule has 2 N–H and O–H groups in total. The molecule has 7 nitrogen and oxygen atoms in total. The Morgan fingerprint density at radius 1 is 1.29 bits per heavy atom. The van der Waals surface area contributed by atoms with Crippen LogP contribution in [0.25, 0.3) is 0 Å². The van der Waals surface area contributed by atoms with E-state index < -0.39 is 17.5 Å². The molecule has 0 atom stereocenters. The van der Waals surface area contributed by atoms with Crippen molar-refractivity contribution in [3.05, 3.63) is 16.1 Å². The van der Waals surface area contributed by atoms with Crippen LogP contribution in [0.5, 0.6) is 0 Å². The average molecular weight is 424 g/mol. The number of aromatic nitrogens is 1. The molecule has 0 aliphatic carbocycles. The molecule has 0 bridgehead atoms. The number of aliphatic imine (C=N–C) groups is 1. The second-order valence-corrected chi connectivity index (χ2v) is 7.89. The summed E-state index contributed by atoms with van der Waals surface area (Å²) in [5.74, 6) is 0.407. The van der Waals surface area contributed by atoms with Crippen LogP contribution in [-0.4, -0.2) is 54.2 Å². The fourth-order valence-electron chi connectivity index (χ4n) is 2.10. The number of hydrogen-bond acceptors (Lipinski definition) is 5. The SMILES string of the molecule is CCCN(CCNC(=NC)NCc1nc(C(F)(F)F)cs1)C(=O)OC(C)(C)C. The number of halogens is 3. The summed E-state index contributed by atoms with van der Waals surface area (Å²) in [6, 6.07) is 0. The van der Waals surface area contributed by atoms with E-state index in [9.17, 15) is 18.0 Å². The first kappa shape index (κ1) is 24.0. The van der Waals surface area contributed by atoms with Crippen molar-refractivity contribution in [1.29, 1.82) is 0 Å². The molecule has 0 aromatic carbocycles. The van der Waals surface area contributed by atoms with Crippen molar-refractivity contribution in [3.8, 4) is 0 Å². The van der Waals surface area contributed by atoms with Gasteiger partial charge in [-0.3, -0.25) is 4.99 Å². The van der Waals surface area contributed by atoms with Crippen LogP contribution < -0.4 is 10.6 Å². The van der Waals surface area contributed by atoms with Gasteiger partial charge in [0.2, 0.25) is 0 Å². The van der Waals surface area contributed by atoms with Gasteiger partial charge in [0, 0.05) is 32.1 Å². The molecule has 28 heavy (non-hydrogen) atoms. The molecular formula is C17H28F3N5O2S. The maximum absolute atomic E-state index is 12.6. The predicted molar refractivity (Wildman–Crippen MR) is 103 cm³/mol. The second kappa shape index (κ2) is 10.5. The van der Waals surface area contributed by atoms with Crippen LogP contribution in [0.3, 0.4) is 0 Å². The normalized spacial score (nSPS) is 12.6. The molecule has 1 heterocycles. The number of ether oxygens (including phenoxy) is 1. The van der Waals surface area contributed by atoms with Crippen molar-refractivity contribution >= 4 is 23.4 Å². The number of thiazole rings is 1. The minimum absolute atomic E-state index is 0.116. The Bertz CT molecular complexity index is 656. The van der Waals surface area contributed by atoms with Gasteiger partial charge in [0.25, 0.3) is 0 Å². The number of hydrogen-bond donors (Lipinski definition) is 2. The Balaban J connectivity index is 2.49. The van der Waals surface area contributed by atoms with Crippen LogP contribution in [0, 0.1) is 0 Å². The first-order valence-corrected chi connectivity index (χ1v) is 9.78. The number of carbonyl (C=O) groups is 1. The van der Waals surface area contributed by atoms with E-state index in [1.165, 1.54) is 0 Å². The lowest BCUT2D eigenvalue weighted by atomic mass is 10.2. The van der Waals surface area contributed by atoms with Gasteiger partial charge in [0.15, 0.2) is 11.7 Å². The van der Waals surface area contributed by atoms with E-state index in [-0.39, 0.29) is 12.6 Å². The maximum Gasteiger partial charge on any atom is 0.434 e. The molecule has 0 fully saturated rings. The Kier molecular flexibility index (Phi) is 8.99. The van der Waals surface area contributed by atoms with Crippen molar-refractivity contribution in [1.82, 2.24) is 20.5 Å². The summed E-state index contributed by atoms with van der Waals surface area (Å²) < 4.78 is 43.1. The molecule has 0 saturated heterocycles. The lowest BCUT2D eigenvalue weighted by Gasteiger charge is -2.27. The van der Waals surface area contributed by atoms with E-state index in [2.05, 4.69) is 20.6 Å². The average Bonchev–Trinajstić information content (AvgIpc) is 3.04. The van der Waals surface area contributed by atoms with Gasteiger partial charge in [0.1, 0.15) is 10.6 Å². The minimum atomic E-state index is -4.45. The summed E-state index contributed by atoms with van der Waals surface area (Å²) in [4.78, 5) is 21.4. The van der Waals surface area contributed by atoms with E-state index in [0.717, 1.165) is 23.1 Å². The Morgan fingerprint density at radius 3 is 2.46 bits per heavy atom. The highest BCUT2D eigenvalue weighted by atomic mass is 32.1. The third-order valence-corrected chi connectivity index (χ3v) is 4.14. The number of amides is 1. The van der Waals surface area contributed by atoms with E-state index in [0.29, 0.717) is 30.6 Å². The van der Waals surface area contributed by atoms with E-state index >= 15 is 0 Å². The van der Waals surface area contributed by atoms with Crippen LogP contribution in [0.15, 0.2) is 10.4 Å². The summed E-state index contributed by atoms with van der Waals surface area (Å²) in [6.45, 7) is 8.87. The van der Waals surface area contributed by atoms with Crippen LogP contribution >= 0.6 is 11.3 Å². The van der Waals surface area contributed by atoms with Gasteiger partial charge in [0.05, 0.1) is 6.54 Å². The zero-order valence-electron chi connectivity index (χ0n) is 16.8. The highest BCUT2D eigenvalue weighted by Gasteiger charge is 2.33. The first-order valence-electron chi connectivity index (χ1n) is 8.90. The summed E-state index contributed by atoms with van der Waals surface area (Å²) in [6.07, 6.45) is -4.04. The molecule has 1 aromatic rings. The van der Waals surface area contributed by atoms with E-state index in [1.54, 1.807) is 11.9 Å². The number of nitrogens with zero attached hydrogens (tertiary/aromatic N) is 3. The number of alkyl halides is 3. The summed E-state index contributed by atoms with van der Waals surface area (Å²) in [5.41, 5.74) is -1.47. The van der Waals surface area contributed by atoms with Crippen molar-refractivity contribution in [3.63, 3.8) is 0 Å². The molecule has 0 radical (unpaired) electrons. The Labute approximate surface area is 167 Å². The maximum atomic E-state index is 12.6. The van der Waals surface area contributed by atoms with Crippen LogP contribution in [0.2, 0.25) is 0 Å². The molecule has 160 valence electrons. The van der Waals surface area contributed by atoms with Gasteiger partial charge < -0.3 is 20.3 Å². The Morgan fingerprint density at radius 2 is 1.96 bits per heavy atom. The summed E-state index contributed by atoms with van der Waals surface area (Å²) >= 11 is 0.928. The van der Waals surface area contributed by atoms with Gasteiger partial charge in [-0.05, 0) is 27.2 Å². The van der Waals surface area contributed by atoms with Gasteiger partial charge in [-0.15, -0.1) is 11.3 Å². The van der Waals surface area contributed by atoms with Crippen LogP contribution in [0.4, 0.5) is 18.0 Å². The molecular weight excluding hydrogens is 395 g/mol. The van der Waals surface area contributed by atoms with Crippen molar-refractivity contribution in [2.75, 3.05) is 26.7 Å². The molecule has 0 spiro atoms. The summed E-state index contributed by atoms with van der Waals surface area (Å²) in [5, 5.41) is 7.22. The lowest BCUT2D eigenvalue weighted by Crippen LogP contribution is -2.44. The molecule has 1 rings (SSSR count). The number of carbonyl (C=O) groups excluding carboxylic acids is 1. The summed E-state index contributed by atoms with van der Waals surface area (Å²) in [7, 11) is 1.55. The molecule has 0 saturated carbocycles. The van der Waals surface area contributed by atoms with Crippen LogP contribution in [0.1, 0.15) is 44.8 Å². The fourth-order valence-corrected chi connectivity index (χ4v) is 2.84. The number of rotatable bonds is 7. The predicted octanol–water partition coefficient (Wildman–Crippen LogP) is 3.47. The Hall–Kier alpha value is -2.04. The minimum Gasteiger partial charge on any atom is -0.444 e. The molecule has 0 aliphatic heterocycles. The molecule has 11 heteroatoms. The van der Waals surface area contributed by atoms with Crippen LogP contribution in [-0.2, 0) is 17.5 Å². The van der Waals surface area contributed by atoms with Gasteiger partial charge in [-0.25, -0.2) is 9.78 Å². The third kappa shape index (κ3) is 8.77. The highest BCUT2D eigenvalue weighted by molar-refractivity contribution is 7.09. The van der Waals surface area contributed by atoms with Crippen molar-refractivity contribution in [2.24, 2.45) is 4.99 Å². The van der Waals surface area contributed by atoms with Crippen molar-refractivity contribution in [2.45, 2.75) is 52.4 Å².